The third-order valence-electron chi connectivity index (χ3n) is 3.84. The van der Waals surface area contributed by atoms with Gasteiger partial charge < -0.3 is 5.11 Å². The zero-order valence-electron chi connectivity index (χ0n) is 12.0. The molecule has 1 atom stereocenters. The standard InChI is InChI=1S/C17H28O/c1-3-5-6-7-8-12-15-17(18,4-2)16-13-10-9-11-14-16/h9-11,13-14,18H,3-8,12,15H2,1-2H3. The molecule has 0 bridgehead atoms. The second-order valence-electron chi connectivity index (χ2n) is 5.27. The summed E-state index contributed by atoms with van der Waals surface area (Å²) in [6, 6.07) is 10.1. The fraction of sp³-hybridized carbons (Fsp3) is 0.647. The van der Waals surface area contributed by atoms with Crippen LogP contribution in [0.15, 0.2) is 30.3 Å². The number of benzene rings is 1. The lowest BCUT2D eigenvalue weighted by atomic mass is 9.86. The van der Waals surface area contributed by atoms with Gasteiger partial charge in [-0.1, -0.05) is 82.7 Å². The smallest absolute Gasteiger partial charge is 0.0893 e. The SMILES string of the molecule is CCCCCCCCC(O)(CC)c1ccccc1. The van der Waals surface area contributed by atoms with Crippen molar-refractivity contribution in [3.63, 3.8) is 0 Å². The van der Waals surface area contributed by atoms with Gasteiger partial charge in [0.25, 0.3) is 0 Å². The molecule has 1 aromatic carbocycles. The van der Waals surface area contributed by atoms with Gasteiger partial charge in [-0.2, -0.15) is 0 Å². The van der Waals surface area contributed by atoms with Crippen LogP contribution in [0.3, 0.4) is 0 Å². The van der Waals surface area contributed by atoms with Crippen LogP contribution in [0, 0.1) is 0 Å². The van der Waals surface area contributed by atoms with Crippen molar-refractivity contribution in [1.29, 1.82) is 0 Å². The summed E-state index contributed by atoms with van der Waals surface area (Å²) in [5, 5.41) is 10.7. The normalized spacial score (nSPS) is 14.4. The monoisotopic (exact) mass is 248 g/mol. The Morgan fingerprint density at radius 3 is 2.11 bits per heavy atom. The summed E-state index contributed by atoms with van der Waals surface area (Å²) in [5.74, 6) is 0. The zero-order valence-corrected chi connectivity index (χ0v) is 12.0. The molecule has 0 saturated carbocycles. The minimum absolute atomic E-state index is 0.619. The number of hydrogen-bond donors (Lipinski definition) is 1. The molecule has 1 N–H and O–H groups in total. The van der Waals surface area contributed by atoms with Crippen molar-refractivity contribution in [2.45, 2.75) is 70.8 Å². The molecule has 0 aliphatic carbocycles. The predicted octanol–water partition coefficient (Wildman–Crippen LogP) is 5.03. The molecule has 1 rings (SSSR count). The number of rotatable bonds is 9. The van der Waals surface area contributed by atoms with E-state index in [1.165, 1.54) is 32.1 Å². The van der Waals surface area contributed by atoms with Crippen LogP contribution in [0.5, 0.6) is 0 Å². The summed E-state index contributed by atoms with van der Waals surface area (Å²) in [4.78, 5) is 0. The number of hydrogen-bond acceptors (Lipinski definition) is 1. The quantitative estimate of drug-likeness (QED) is 0.607. The van der Waals surface area contributed by atoms with Crippen molar-refractivity contribution in [3.05, 3.63) is 35.9 Å². The van der Waals surface area contributed by atoms with E-state index in [4.69, 9.17) is 0 Å². The van der Waals surface area contributed by atoms with Gasteiger partial charge in [-0.25, -0.2) is 0 Å². The number of unbranched alkanes of at least 4 members (excludes halogenated alkanes) is 5. The van der Waals surface area contributed by atoms with Gasteiger partial charge >= 0.3 is 0 Å². The maximum absolute atomic E-state index is 10.7. The van der Waals surface area contributed by atoms with Crippen molar-refractivity contribution in [2.24, 2.45) is 0 Å². The van der Waals surface area contributed by atoms with Crippen LogP contribution >= 0.6 is 0 Å². The molecule has 18 heavy (non-hydrogen) atoms. The summed E-state index contributed by atoms with van der Waals surface area (Å²) in [7, 11) is 0. The fourth-order valence-corrected chi connectivity index (χ4v) is 2.47. The van der Waals surface area contributed by atoms with E-state index in [0.29, 0.717) is 0 Å². The summed E-state index contributed by atoms with van der Waals surface area (Å²) in [5.41, 5.74) is 0.451. The van der Waals surface area contributed by atoms with E-state index in [1.807, 2.05) is 30.3 Å². The Morgan fingerprint density at radius 2 is 1.50 bits per heavy atom. The van der Waals surface area contributed by atoms with Gasteiger partial charge in [-0.3, -0.25) is 0 Å². The summed E-state index contributed by atoms with van der Waals surface area (Å²) in [6.45, 7) is 4.31. The molecule has 1 heteroatoms. The Bertz CT molecular complexity index is 307. The lowest BCUT2D eigenvalue weighted by molar-refractivity contribution is 0.0207. The van der Waals surface area contributed by atoms with Crippen LogP contribution in [0.2, 0.25) is 0 Å². The molecule has 0 heterocycles. The Labute approximate surface area is 112 Å². The average Bonchev–Trinajstić information content (AvgIpc) is 2.43. The molecule has 102 valence electrons. The second kappa shape index (κ2) is 8.31. The minimum Gasteiger partial charge on any atom is -0.385 e. The van der Waals surface area contributed by atoms with Gasteiger partial charge in [-0.05, 0) is 18.4 Å². The van der Waals surface area contributed by atoms with E-state index in [0.717, 1.165) is 24.8 Å². The zero-order chi connectivity index (χ0) is 13.3. The minimum atomic E-state index is -0.619. The van der Waals surface area contributed by atoms with Gasteiger partial charge in [0.2, 0.25) is 0 Å². The first-order chi connectivity index (χ1) is 8.73. The molecule has 1 aromatic rings. The molecular formula is C17H28O. The highest BCUT2D eigenvalue weighted by atomic mass is 16.3. The molecular weight excluding hydrogens is 220 g/mol. The maximum atomic E-state index is 10.7. The van der Waals surface area contributed by atoms with Gasteiger partial charge in [0, 0.05) is 0 Å². The molecule has 0 saturated heterocycles. The topological polar surface area (TPSA) is 20.2 Å². The van der Waals surface area contributed by atoms with Crippen molar-refractivity contribution >= 4 is 0 Å². The third-order valence-corrected chi connectivity index (χ3v) is 3.84. The van der Waals surface area contributed by atoms with E-state index < -0.39 is 5.60 Å². The van der Waals surface area contributed by atoms with Crippen LogP contribution in [0.4, 0.5) is 0 Å². The van der Waals surface area contributed by atoms with Gasteiger partial charge in [0.05, 0.1) is 5.60 Å². The molecule has 1 unspecified atom stereocenters. The molecule has 0 spiro atoms. The van der Waals surface area contributed by atoms with E-state index in [1.54, 1.807) is 0 Å². The van der Waals surface area contributed by atoms with Gasteiger partial charge in [-0.15, -0.1) is 0 Å². The Balaban J connectivity index is 2.37. The lowest BCUT2D eigenvalue weighted by Crippen LogP contribution is -2.24. The lowest BCUT2D eigenvalue weighted by Gasteiger charge is -2.27. The van der Waals surface area contributed by atoms with Gasteiger partial charge in [0.15, 0.2) is 0 Å². The van der Waals surface area contributed by atoms with E-state index in [-0.39, 0.29) is 0 Å². The summed E-state index contributed by atoms with van der Waals surface area (Å²) in [6.07, 6.45) is 9.35. The Hall–Kier alpha value is -0.820. The third kappa shape index (κ3) is 4.81. The Morgan fingerprint density at radius 1 is 0.889 bits per heavy atom. The predicted molar refractivity (Wildman–Crippen MR) is 78.6 cm³/mol. The van der Waals surface area contributed by atoms with Crippen molar-refractivity contribution in [2.75, 3.05) is 0 Å². The molecule has 0 fully saturated rings. The first-order valence-electron chi connectivity index (χ1n) is 7.51. The largest absolute Gasteiger partial charge is 0.385 e. The average molecular weight is 248 g/mol. The maximum Gasteiger partial charge on any atom is 0.0893 e. The molecule has 0 amide bonds. The van der Waals surface area contributed by atoms with Crippen LogP contribution < -0.4 is 0 Å². The van der Waals surface area contributed by atoms with Crippen molar-refractivity contribution in [1.82, 2.24) is 0 Å². The molecule has 1 nitrogen and oxygen atoms in total. The molecule has 0 aliphatic heterocycles. The first kappa shape index (κ1) is 15.2. The van der Waals surface area contributed by atoms with Crippen LogP contribution in [-0.2, 0) is 5.60 Å². The van der Waals surface area contributed by atoms with Crippen LogP contribution in [0.1, 0.15) is 70.8 Å². The Kier molecular flexibility index (Phi) is 7.04. The number of aliphatic hydroxyl groups is 1. The molecule has 0 aliphatic rings. The van der Waals surface area contributed by atoms with E-state index in [9.17, 15) is 5.11 Å². The van der Waals surface area contributed by atoms with Gasteiger partial charge in [0.1, 0.15) is 0 Å². The highest BCUT2D eigenvalue weighted by molar-refractivity contribution is 5.21. The van der Waals surface area contributed by atoms with E-state index in [2.05, 4.69) is 13.8 Å². The van der Waals surface area contributed by atoms with Crippen LogP contribution in [-0.4, -0.2) is 5.11 Å². The second-order valence-corrected chi connectivity index (χ2v) is 5.27. The fourth-order valence-electron chi connectivity index (χ4n) is 2.47. The first-order valence-corrected chi connectivity index (χ1v) is 7.51. The molecule has 0 radical (unpaired) electrons. The molecule has 0 aromatic heterocycles. The van der Waals surface area contributed by atoms with Crippen LogP contribution in [0.25, 0.3) is 0 Å². The van der Waals surface area contributed by atoms with E-state index >= 15 is 0 Å². The van der Waals surface area contributed by atoms with Crippen molar-refractivity contribution < 1.29 is 5.11 Å². The van der Waals surface area contributed by atoms with Crippen molar-refractivity contribution in [3.8, 4) is 0 Å². The highest BCUT2D eigenvalue weighted by Gasteiger charge is 2.25. The summed E-state index contributed by atoms with van der Waals surface area (Å²) >= 11 is 0. The highest BCUT2D eigenvalue weighted by Crippen LogP contribution is 2.30. The summed E-state index contributed by atoms with van der Waals surface area (Å²) < 4.78 is 0.